The Labute approximate surface area is 209 Å². The van der Waals surface area contributed by atoms with Gasteiger partial charge in [-0.2, -0.15) is 0 Å². The summed E-state index contributed by atoms with van der Waals surface area (Å²) < 4.78 is 0. The first-order valence-electron chi connectivity index (χ1n) is 13.8. The van der Waals surface area contributed by atoms with E-state index in [1.165, 1.54) is 62.7 Å². The van der Waals surface area contributed by atoms with Crippen molar-refractivity contribution in [3.63, 3.8) is 0 Å². The molecule has 2 heterocycles. The predicted octanol–water partition coefficient (Wildman–Crippen LogP) is 8.27. The van der Waals surface area contributed by atoms with Crippen LogP contribution < -0.4 is 0 Å². The summed E-state index contributed by atoms with van der Waals surface area (Å²) >= 11 is 0. The number of rotatable bonds is 6. The molecule has 2 fully saturated rings. The number of piperidine rings is 2. The van der Waals surface area contributed by atoms with E-state index in [0.717, 1.165) is 5.92 Å². The Balaban J connectivity index is 1.54. The fourth-order valence-corrected chi connectivity index (χ4v) is 6.76. The van der Waals surface area contributed by atoms with E-state index >= 15 is 0 Å². The van der Waals surface area contributed by atoms with Crippen LogP contribution in [0.1, 0.15) is 103 Å². The van der Waals surface area contributed by atoms with E-state index in [-0.39, 0.29) is 11.1 Å². The van der Waals surface area contributed by atoms with Crippen molar-refractivity contribution in [1.29, 1.82) is 0 Å². The van der Waals surface area contributed by atoms with Gasteiger partial charge in [0, 0.05) is 29.7 Å². The highest BCUT2D eigenvalue weighted by atomic mass is 15.2. The van der Waals surface area contributed by atoms with Crippen LogP contribution in [0.4, 0.5) is 0 Å². The molecule has 4 atom stereocenters. The molecule has 4 rings (SSSR count). The SMILES string of the molecule is C[C@H]1CC[C@@H](c2ccccc2)N(C(C)(C)CC[C@H]2CCCN(C(C)(C)C)[C@H]2c2ccccc2)C1. The van der Waals surface area contributed by atoms with Crippen molar-refractivity contribution >= 4 is 0 Å². The Morgan fingerprint density at radius 2 is 1.38 bits per heavy atom. The first-order valence-corrected chi connectivity index (χ1v) is 13.8. The normalized spacial score (nSPS) is 27.6. The van der Waals surface area contributed by atoms with Crippen molar-refractivity contribution in [3.05, 3.63) is 71.8 Å². The van der Waals surface area contributed by atoms with Gasteiger partial charge in [0.2, 0.25) is 0 Å². The molecule has 0 unspecified atom stereocenters. The summed E-state index contributed by atoms with van der Waals surface area (Å²) in [6.45, 7) is 17.1. The zero-order chi connectivity index (χ0) is 24.3. The minimum Gasteiger partial charge on any atom is -0.291 e. The summed E-state index contributed by atoms with van der Waals surface area (Å²) in [4.78, 5) is 5.65. The predicted molar refractivity (Wildman–Crippen MR) is 146 cm³/mol. The lowest BCUT2D eigenvalue weighted by molar-refractivity contribution is -0.0121. The molecule has 0 spiro atoms. The summed E-state index contributed by atoms with van der Waals surface area (Å²) in [6, 6.07) is 23.7. The van der Waals surface area contributed by atoms with Crippen LogP contribution in [-0.4, -0.2) is 34.0 Å². The van der Waals surface area contributed by atoms with Crippen LogP contribution in [0.2, 0.25) is 0 Å². The quantitative estimate of drug-likeness (QED) is 0.428. The monoisotopic (exact) mass is 460 g/mol. The van der Waals surface area contributed by atoms with Gasteiger partial charge in [-0.1, -0.05) is 67.6 Å². The highest BCUT2D eigenvalue weighted by molar-refractivity contribution is 5.22. The molecule has 0 saturated carbocycles. The maximum Gasteiger partial charge on any atom is 0.0381 e. The molecule has 0 aliphatic carbocycles. The molecule has 2 aromatic carbocycles. The van der Waals surface area contributed by atoms with Gasteiger partial charge in [0.15, 0.2) is 0 Å². The van der Waals surface area contributed by atoms with E-state index in [4.69, 9.17) is 0 Å². The van der Waals surface area contributed by atoms with E-state index in [1.807, 2.05) is 0 Å². The van der Waals surface area contributed by atoms with Crippen molar-refractivity contribution in [2.45, 2.75) is 103 Å². The van der Waals surface area contributed by atoms with E-state index in [0.29, 0.717) is 18.0 Å². The second kappa shape index (κ2) is 10.5. The van der Waals surface area contributed by atoms with E-state index in [9.17, 15) is 0 Å². The molecule has 0 N–H and O–H groups in total. The van der Waals surface area contributed by atoms with Crippen molar-refractivity contribution in [3.8, 4) is 0 Å². The molecule has 2 aromatic rings. The van der Waals surface area contributed by atoms with Gasteiger partial charge in [-0.15, -0.1) is 0 Å². The minimum atomic E-state index is 0.190. The number of likely N-dealkylation sites (tertiary alicyclic amines) is 2. The Morgan fingerprint density at radius 1 is 0.765 bits per heavy atom. The molecule has 0 radical (unpaired) electrons. The van der Waals surface area contributed by atoms with Gasteiger partial charge in [0.1, 0.15) is 0 Å². The molecule has 0 bridgehead atoms. The van der Waals surface area contributed by atoms with Crippen LogP contribution in [0.25, 0.3) is 0 Å². The van der Waals surface area contributed by atoms with Gasteiger partial charge in [0.25, 0.3) is 0 Å². The maximum atomic E-state index is 2.86. The lowest BCUT2D eigenvalue weighted by Crippen LogP contribution is -2.52. The fraction of sp³-hybridized carbons (Fsp3) is 0.625. The maximum absolute atomic E-state index is 2.86. The van der Waals surface area contributed by atoms with Gasteiger partial charge < -0.3 is 0 Å². The second-order valence-corrected chi connectivity index (χ2v) is 12.7. The highest BCUT2D eigenvalue weighted by Gasteiger charge is 2.41. The zero-order valence-corrected chi connectivity index (χ0v) is 22.6. The summed E-state index contributed by atoms with van der Waals surface area (Å²) in [6.07, 6.45) is 7.84. The molecule has 34 heavy (non-hydrogen) atoms. The van der Waals surface area contributed by atoms with Crippen LogP contribution >= 0.6 is 0 Å². The van der Waals surface area contributed by atoms with Gasteiger partial charge in [-0.05, 0) is 103 Å². The summed E-state index contributed by atoms with van der Waals surface area (Å²) in [5.74, 6) is 1.49. The van der Waals surface area contributed by atoms with Crippen LogP contribution in [0.3, 0.4) is 0 Å². The molecule has 2 heteroatoms. The Kier molecular flexibility index (Phi) is 7.89. The largest absolute Gasteiger partial charge is 0.291 e. The Morgan fingerprint density at radius 3 is 2.00 bits per heavy atom. The third-order valence-electron chi connectivity index (χ3n) is 8.67. The van der Waals surface area contributed by atoms with Crippen LogP contribution in [-0.2, 0) is 0 Å². The first kappa shape index (κ1) is 25.5. The zero-order valence-electron chi connectivity index (χ0n) is 22.6. The number of hydrogen-bond acceptors (Lipinski definition) is 2. The molecule has 2 nitrogen and oxygen atoms in total. The lowest BCUT2D eigenvalue weighted by atomic mass is 9.76. The van der Waals surface area contributed by atoms with E-state index in [2.05, 4.69) is 112 Å². The average molecular weight is 461 g/mol. The van der Waals surface area contributed by atoms with Gasteiger partial charge in [-0.25, -0.2) is 0 Å². The minimum absolute atomic E-state index is 0.190. The lowest BCUT2D eigenvalue weighted by Gasteiger charge is -2.51. The highest BCUT2D eigenvalue weighted by Crippen LogP contribution is 2.45. The fourth-order valence-electron chi connectivity index (χ4n) is 6.76. The van der Waals surface area contributed by atoms with Crippen LogP contribution in [0, 0.1) is 11.8 Å². The van der Waals surface area contributed by atoms with Crippen molar-refractivity contribution in [2.24, 2.45) is 11.8 Å². The van der Waals surface area contributed by atoms with E-state index < -0.39 is 0 Å². The van der Waals surface area contributed by atoms with Crippen LogP contribution in [0.5, 0.6) is 0 Å². The Hall–Kier alpha value is -1.64. The van der Waals surface area contributed by atoms with Crippen molar-refractivity contribution in [1.82, 2.24) is 9.80 Å². The molecule has 186 valence electrons. The van der Waals surface area contributed by atoms with E-state index in [1.54, 1.807) is 0 Å². The summed E-state index contributed by atoms with van der Waals surface area (Å²) in [5.41, 5.74) is 3.39. The molecule has 0 aromatic heterocycles. The summed E-state index contributed by atoms with van der Waals surface area (Å²) in [7, 11) is 0. The Bertz CT molecular complexity index is 882. The topological polar surface area (TPSA) is 6.48 Å². The number of benzene rings is 2. The summed E-state index contributed by atoms with van der Waals surface area (Å²) in [5, 5.41) is 0. The molecule has 2 aliphatic rings. The van der Waals surface area contributed by atoms with Gasteiger partial charge in [-0.3, -0.25) is 9.80 Å². The smallest absolute Gasteiger partial charge is 0.0381 e. The standard InChI is InChI=1S/C32H48N2/c1-25-19-20-29(26-14-9-7-10-15-26)34(24-25)32(5,6)22-21-28-18-13-23-33(31(2,3)4)30(28)27-16-11-8-12-17-27/h7-12,14-17,25,28-30H,13,18-24H2,1-6H3/t25-,28+,29-,30-/m0/s1. The average Bonchev–Trinajstić information content (AvgIpc) is 2.83. The molecular weight excluding hydrogens is 412 g/mol. The van der Waals surface area contributed by atoms with Crippen molar-refractivity contribution < 1.29 is 0 Å². The van der Waals surface area contributed by atoms with Crippen molar-refractivity contribution in [2.75, 3.05) is 13.1 Å². The number of hydrogen-bond donors (Lipinski definition) is 0. The molecule has 0 amide bonds. The molecule has 2 saturated heterocycles. The molecular formula is C32H48N2. The molecule has 2 aliphatic heterocycles. The first-order chi connectivity index (χ1) is 16.2. The number of nitrogens with zero attached hydrogens (tertiary/aromatic N) is 2. The van der Waals surface area contributed by atoms with Gasteiger partial charge >= 0.3 is 0 Å². The third-order valence-corrected chi connectivity index (χ3v) is 8.67. The van der Waals surface area contributed by atoms with Gasteiger partial charge in [0.05, 0.1) is 0 Å². The third kappa shape index (κ3) is 5.77. The van der Waals surface area contributed by atoms with Crippen LogP contribution in [0.15, 0.2) is 60.7 Å². The second-order valence-electron chi connectivity index (χ2n) is 12.7.